The first kappa shape index (κ1) is 27.5. The van der Waals surface area contributed by atoms with E-state index in [4.69, 9.17) is 26.3 Å². The summed E-state index contributed by atoms with van der Waals surface area (Å²) in [4.78, 5) is 27.0. The predicted octanol–water partition coefficient (Wildman–Crippen LogP) is 7.06. The molecule has 6 rings (SSSR count). The van der Waals surface area contributed by atoms with Gasteiger partial charge in [-0.25, -0.2) is 14.8 Å². The lowest BCUT2D eigenvalue weighted by molar-refractivity contribution is -0.160. The highest BCUT2D eigenvalue weighted by molar-refractivity contribution is 6.30. The predicted molar refractivity (Wildman–Crippen MR) is 164 cm³/mol. The molecular weight excluding hydrogens is 538 g/mol. The van der Waals surface area contributed by atoms with Crippen LogP contribution in [0.2, 0.25) is 5.02 Å². The number of ether oxygens (including phenoxy) is 1. The lowest BCUT2D eigenvalue weighted by Gasteiger charge is -2.35. The summed E-state index contributed by atoms with van der Waals surface area (Å²) in [6, 6.07) is 9.74. The Morgan fingerprint density at radius 1 is 1.02 bits per heavy atom. The number of aromatic nitrogens is 3. The molecule has 4 aromatic rings. The third-order valence-electron chi connectivity index (χ3n) is 8.07. The number of carboxylic acids is 1. The molecule has 1 atom stereocenters. The quantitative estimate of drug-likeness (QED) is 0.264. The van der Waals surface area contributed by atoms with Gasteiger partial charge in [-0.05, 0) is 82.3 Å². The lowest BCUT2D eigenvalue weighted by atomic mass is 9.87. The molecule has 0 saturated carbocycles. The van der Waals surface area contributed by atoms with Crippen LogP contribution >= 0.6 is 11.6 Å². The molecular formula is C32H36ClN5O3. The van der Waals surface area contributed by atoms with Crippen LogP contribution in [0.1, 0.15) is 56.5 Å². The van der Waals surface area contributed by atoms with Crippen molar-refractivity contribution in [1.29, 1.82) is 0 Å². The molecule has 2 aromatic heterocycles. The van der Waals surface area contributed by atoms with Crippen LogP contribution in [-0.4, -0.2) is 50.8 Å². The van der Waals surface area contributed by atoms with Crippen molar-refractivity contribution in [1.82, 2.24) is 14.5 Å². The number of carbonyl (C=O) groups is 1. The Morgan fingerprint density at radius 3 is 2.29 bits per heavy atom. The standard InChI is InChI=1S/C32H36ClN5O3/c1-19-16-24-26(21-8-10-22(33)11-9-21)25(29(30(39)40)41-32(3,4)5)20(2)27-28(24)37(19)14-15-38(27)31-34-17-23(18-35-31)36-12-6-7-13-36/h8-11,16-18,29H,6-7,12-15H2,1-5H3,(H,39,40)/t29-/m0/s1. The maximum Gasteiger partial charge on any atom is 0.337 e. The Hall–Kier alpha value is -3.62. The van der Waals surface area contributed by atoms with Crippen molar-refractivity contribution in [3.05, 3.63) is 64.6 Å². The van der Waals surface area contributed by atoms with Gasteiger partial charge in [0.25, 0.3) is 0 Å². The SMILES string of the molecule is Cc1c([C@H](OC(C)(C)C)C(=O)O)c(-c2ccc(Cl)cc2)c2cc(C)n3c2c1N(c1ncc(N2CCCC2)cn1)CC3. The van der Waals surface area contributed by atoms with Crippen molar-refractivity contribution in [3.8, 4) is 11.1 Å². The molecule has 9 heteroatoms. The molecule has 2 aliphatic heterocycles. The van der Waals surface area contributed by atoms with Gasteiger partial charge in [0.15, 0.2) is 6.10 Å². The van der Waals surface area contributed by atoms with E-state index < -0.39 is 17.7 Å². The molecule has 0 spiro atoms. The molecule has 0 bridgehead atoms. The van der Waals surface area contributed by atoms with Crippen LogP contribution in [0.5, 0.6) is 0 Å². The molecule has 2 aliphatic rings. The van der Waals surface area contributed by atoms with Gasteiger partial charge in [0, 0.05) is 47.8 Å². The van der Waals surface area contributed by atoms with E-state index in [0.717, 1.165) is 64.3 Å². The van der Waals surface area contributed by atoms with Crippen molar-refractivity contribution in [3.63, 3.8) is 0 Å². The Balaban J connectivity index is 1.61. The van der Waals surface area contributed by atoms with Crippen LogP contribution in [0.4, 0.5) is 17.3 Å². The first-order valence-corrected chi connectivity index (χ1v) is 14.6. The Bertz CT molecular complexity index is 1620. The summed E-state index contributed by atoms with van der Waals surface area (Å²) >= 11 is 6.27. The molecule has 8 nitrogen and oxygen atoms in total. The van der Waals surface area contributed by atoms with E-state index >= 15 is 0 Å². The number of anilines is 3. The number of benzene rings is 2. The van der Waals surface area contributed by atoms with E-state index in [-0.39, 0.29) is 0 Å². The van der Waals surface area contributed by atoms with E-state index in [1.807, 2.05) is 64.4 Å². The molecule has 0 amide bonds. The van der Waals surface area contributed by atoms with Crippen LogP contribution < -0.4 is 9.80 Å². The summed E-state index contributed by atoms with van der Waals surface area (Å²) in [6.07, 6.45) is 5.00. The third kappa shape index (κ3) is 4.93. The van der Waals surface area contributed by atoms with Gasteiger partial charge in [-0.2, -0.15) is 0 Å². The number of carboxylic acid groups (broad SMARTS) is 1. The number of aryl methyl sites for hydroxylation is 1. The molecule has 2 aromatic carbocycles. The second-order valence-electron chi connectivity index (χ2n) is 12.0. The molecule has 1 fully saturated rings. The van der Waals surface area contributed by atoms with E-state index in [2.05, 4.69) is 27.4 Å². The summed E-state index contributed by atoms with van der Waals surface area (Å²) in [5, 5.41) is 12.2. The van der Waals surface area contributed by atoms with Gasteiger partial charge in [-0.1, -0.05) is 23.7 Å². The van der Waals surface area contributed by atoms with E-state index in [1.54, 1.807) is 0 Å². The summed E-state index contributed by atoms with van der Waals surface area (Å²) < 4.78 is 8.60. The number of hydrogen-bond donors (Lipinski definition) is 1. The maximum absolute atomic E-state index is 12.9. The van der Waals surface area contributed by atoms with Gasteiger partial charge in [0.2, 0.25) is 5.95 Å². The Kier molecular flexibility index (Phi) is 6.94. The second kappa shape index (κ2) is 10.3. The van der Waals surface area contributed by atoms with Gasteiger partial charge >= 0.3 is 5.97 Å². The zero-order valence-electron chi connectivity index (χ0n) is 24.2. The minimum Gasteiger partial charge on any atom is -0.479 e. The summed E-state index contributed by atoms with van der Waals surface area (Å²) in [5.41, 5.74) is 6.65. The summed E-state index contributed by atoms with van der Waals surface area (Å²) in [5.74, 6) is -0.425. The molecule has 0 unspecified atom stereocenters. The second-order valence-corrected chi connectivity index (χ2v) is 12.4. The first-order chi connectivity index (χ1) is 19.5. The monoisotopic (exact) mass is 573 g/mol. The van der Waals surface area contributed by atoms with Crippen molar-refractivity contribution in [2.45, 2.75) is 65.7 Å². The number of hydrogen-bond acceptors (Lipinski definition) is 6. The van der Waals surface area contributed by atoms with Crippen molar-refractivity contribution in [2.75, 3.05) is 29.4 Å². The van der Waals surface area contributed by atoms with Gasteiger partial charge < -0.3 is 24.2 Å². The van der Waals surface area contributed by atoms with Gasteiger partial charge in [-0.3, -0.25) is 0 Å². The van der Waals surface area contributed by atoms with Crippen LogP contribution in [-0.2, 0) is 16.1 Å². The van der Waals surface area contributed by atoms with Gasteiger partial charge in [0.1, 0.15) is 0 Å². The highest BCUT2D eigenvalue weighted by Gasteiger charge is 2.36. The Morgan fingerprint density at radius 2 is 1.68 bits per heavy atom. The molecule has 0 aliphatic carbocycles. The van der Waals surface area contributed by atoms with E-state index in [9.17, 15) is 9.90 Å². The van der Waals surface area contributed by atoms with Crippen LogP contribution in [0.3, 0.4) is 0 Å². The molecule has 1 N–H and O–H groups in total. The maximum atomic E-state index is 12.9. The van der Waals surface area contributed by atoms with Crippen molar-refractivity contribution >= 4 is 45.8 Å². The smallest absolute Gasteiger partial charge is 0.337 e. The van der Waals surface area contributed by atoms with Crippen LogP contribution in [0, 0.1) is 13.8 Å². The zero-order chi connectivity index (χ0) is 29.1. The lowest BCUT2D eigenvalue weighted by Crippen LogP contribution is -2.32. The molecule has 214 valence electrons. The largest absolute Gasteiger partial charge is 0.479 e. The minimum atomic E-state index is -1.19. The zero-order valence-corrected chi connectivity index (χ0v) is 25.0. The highest BCUT2D eigenvalue weighted by atomic mass is 35.5. The third-order valence-corrected chi connectivity index (χ3v) is 8.32. The fourth-order valence-electron chi connectivity index (χ4n) is 6.32. The summed E-state index contributed by atoms with van der Waals surface area (Å²) in [6.45, 7) is 13.2. The van der Waals surface area contributed by atoms with Crippen LogP contribution in [0.15, 0.2) is 42.7 Å². The average molecular weight is 574 g/mol. The highest BCUT2D eigenvalue weighted by Crippen LogP contribution is 2.49. The molecule has 1 saturated heterocycles. The fourth-order valence-corrected chi connectivity index (χ4v) is 6.45. The van der Waals surface area contributed by atoms with Gasteiger partial charge in [-0.15, -0.1) is 0 Å². The van der Waals surface area contributed by atoms with Gasteiger partial charge in [0.05, 0.1) is 34.9 Å². The van der Waals surface area contributed by atoms with Crippen molar-refractivity contribution in [2.24, 2.45) is 0 Å². The number of halogens is 1. The Labute approximate surface area is 245 Å². The van der Waals surface area contributed by atoms with E-state index in [1.165, 1.54) is 12.8 Å². The molecule has 4 heterocycles. The summed E-state index contributed by atoms with van der Waals surface area (Å²) in [7, 11) is 0. The van der Waals surface area contributed by atoms with Crippen LogP contribution in [0.25, 0.3) is 22.0 Å². The topological polar surface area (TPSA) is 83.7 Å². The normalized spacial score (nSPS) is 16.0. The number of aliphatic carboxylic acids is 1. The number of rotatable bonds is 6. The van der Waals surface area contributed by atoms with Crippen molar-refractivity contribution < 1.29 is 14.6 Å². The minimum absolute atomic E-state index is 0.608. The molecule has 0 radical (unpaired) electrons. The average Bonchev–Trinajstić information content (AvgIpc) is 3.58. The fraction of sp³-hybridized carbons (Fsp3) is 0.406. The first-order valence-electron chi connectivity index (χ1n) is 14.2. The van der Waals surface area contributed by atoms with E-state index in [0.29, 0.717) is 23.1 Å². The number of nitrogens with zero attached hydrogens (tertiary/aromatic N) is 5. The molecule has 41 heavy (non-hydrogen) atoms.